The summed E-state index contributed by atoms with van der Waals surface area (Å²) in [6.45, 7) is 8.90. The molecule has 1 atom stereocenters. The Balaban J connectivity index is 2.05. The Morgan fingerprint density at radius 3 is 2.74 bits per heavy atom. The summed E-state index contributed by atoms with van der Waals surface area (Å²) in [5.74, 6) is 0. The van der Waals surface area contributed by atoms with Crippen molar-refractivity contribution in [2.45, 2.75) is 52.6 Å². The fourth-order valence-corrected chi connectivity index (χ4v) is 2.67. The molecule has 0 spiro atoms. The quantitative estimate of drug-likeness (QED) is 0.905. The van der Waals surface area contributed by atoms with Crippen LogP contribution in [-0.4, -0.2) is 23.2 Å². The Hall–Kier alpha value is -1.09. The van der Waals surface area contributed by atoms with Crippen LogP contribution >= 0.6 is 0 Å². The number of anilines is 1. The van der Waals surface area contributed by atoms with E-state index in [1.165, 1.54) is 24.9 Å². The summed E-state index contributed by atoms with van der Waals surface area (Å²) in [6.07, 6.45) is 5.95. The molecule has 3 heteroatoms. The van der Waals surface area contributed by atoms with Crippen LogP contribution in [0.2, 0.25) is 0 Å². The van der Waals surface area contributed by atoms with Gasteiger partial charge in [-0.15, -0.1) is 0 Å². The van der Waals surface area contributed by atoms with Crippen LogP contribution in [0.5, 0.6) is 0 Å². The maximum atomic E-state index is 9.77. The number of aliphatic hydroxyl groups is 1. The SMILES string of the molecule is CC[C@@H](O)c1ccc(N2CCCC(C)(C)CC2)cn1. The second kappa shape index (κ2) is 5.91. The number of nitrogens with zero attached hydrogens (tertiary/aromatic N) is 2. The summed E-state index contributed by atoms with van der Waals surface area (Å²) in [7, 11) is 0. The molecule has 1 aliphatic rings. The fourth-order valence-electron chi connectivity index (χ4n) is 2.67. The molecule has 1 fully saturated rings. The molecule has 1 saturated heterocycles. The van der Waals surface area contributed by atoms with Crippen molar-refractivity contribution < 1.29 is 5.11 Å². The molecule has 106 valence electrons. The molecule has 0 aliphatic carbocycles. The van der Waals surface area contributed by atoms with Crippen LogP contribution in [0, 0.1) is 5.41 Å². The van der Waals surface area contributed by atoms with Gasteiger partial charge >= 0.3 is 0 Å². The first-order valence-corrected chi connectivity index (χ1v) is 7.41. The molecule has 2 heterocycles. The predicted octanol–water partition coefficient (Wildman–Crippen LogP) is 3.54. The zero-order chi connectivity index (χ0) is 13.9. The molecule has 1 aromatic rings. The largest absolute Gasteiger partial charge is 0.387 e. The van der Waals surface area contributed by atoms with Crippen LogP contribution < -0.4 is 4.90 Å². The monoisotopic (exact) mass is 262 g/mol. The van der Waals surface area contributed by atoms with E-state index in [0.29, 0.717) is 11.8 Å². The molecule has 0 radical (unpaired) electrons. The highest BCUT2D eigenvalue weighted by atomic mass is 16.3. The van der Waals surface area contributed by atoms with Gasteiger partial charge in [0.2, 0.25) is 0 Å². The molecule has 0 unspecified atom stereocenters. The Kier molecular flexibility index (Phi) is 4.46. The van der Waals surface area contributed by atoms with E-state index in [1.54, 1.807) is 0 Å². The van der Waals surface area contributed by atoms with Crippen LogP contribution in [0.15, 0.2) is 18.3 Å². The van der Waals surface area contributed by atoms with Gasteiger partial charge in [-0.2, -0.15) is 0 Å². The number of hydrogen-bond donors (Lipinski definition) is 1. The third-order valence-electron chi connectivity index (χ3n) is 4.20. The molecule has 3 nitrogen and oxygen atoms in total. The molecule has 1 N–H and O–H groups in total. The number of hydrogen-bond acceptors (Lipinski definition) is 3. The standard InChI is InChI=1S/C16H26N2O/c1-4-15(19)14-7-6-13(12-17-14)18-10-5-8-16(2,3)9-11-18/h6-7,12,15,19H,4-5,8-11H2,1-3H3/t15-/m1/s1. The molecule has 19 heavy (non-hydrogen) atoms. The molecule has 1 aliphatic heterocycles. The number of aliphatic hydroxyl groups excluding tert-OH is 1. The van der Waals surface area contributed by atoms with E-state index in [1.807, 2.05) is 19.2 Å². The zero-order valence-electron chi connectivity index (χ0n) is 12.4. The Bertz CT molecular complexity index is 400. The lowest BCUT2D eigenvalue weighted by Gasteiger charge is -2.24. The minimum atomic E-state index is -0.433. The predicted molar refractivity (Wildman–Crippen MR) is 79.3 cm³/mol. The average Bonchev–Trinajstić information content (AvgIpc) is 2.59. The zero-order valence-corrected chi connectivity index (χ0v) is 12.4. The first kappa shape index (κ1) is 14.3. The van der Waals surface area contributed by atoms with Crippen molar-refractivity contribution in [3.63, 3.8) is 0 Å². The van der Waals surface area contributed by atoms with E-state index in [2.05, 4.69) is 29.8 Å². The van der Waals surface area contributed by atoms with Crippen molar-refractivity contribution in [3.05, 3.63) is 24.0 Å². The van der Waals surface area contributed by atoms with Crippen molar-refractivity contribution >= 4 is 5.69 Å². The highest BCUT2D eigenvalue weighted by Crippen LogP contribution is 2.31. The van der Waals surface area contributed by atoms with Gasteiger partial charge in [0.25, 0.3) is 0 Å². The third-order valence-corrected chi connectivity index (χ3v) is 4.20. The lowest BCUT2D eigenvalue weighted by Crippen LogP contribution is -2.25. The number of pyridine rings is 1. The van der Waals surface area contributed by atoms with Crippen LogP contribution in [0.1, 0.15) is 58.3 Å². The van der Waals surface area contributed by atoms with Gasteiger partial charge in [0.05, 0.1) is 23.7 Å². The van der Waals surface area contributed by atoms with Gasteiger partial charge in [0.15, 0.2) is 0 Å². The first-order valence-electron chi connectivity index (χ1n) is 7.41. The van der Waals surface area contributed by atoms with Gasteiger partial charge in [-0.05, 0) is 43.2 Å². The summed E-state index contributed by atoms with van der Waals surface area (Å²) < 4.78 is 0. The topological polar surface area (TPSA) is 36.4 Å². The molecule has 0 amide bonds. The van der Waals surface area contributed by atoms with E-state index in [4.69, 9.17) is 0 Å². The fraction of sp³-hybridized carbons (Fsp3) is 0.688. The minimum Gasteiger partial charge on any atom is -0.387 e. The Labute approximate surface area is 116 Å². The second-order valence-corrected chi connectivity index (χ2v) is 6.37. The van der Waals surface area contributed by atoms with Crippen molar-refractivity contribution in [2.75, 3.05) is 18.0 Å². The van der Waals surface area contributed by atoms with E-state index < -0.39 is 6.10 Å². The van der Waals surface area contributed by atoms with Crippen molar-refractivity contribution in [3.8, 4) is 0 Å². The lowest BCUT2D eigenvalue weighted by molar-refractivity contribution is 0.169. The molecule has 2 rings (SSSR count). The van der Waals surface area contributed by atoms with Crippen LogP contribution in [-0.2, 0) is 0 Å². The molecular formula is C16H26N2O. The molecule has 1 aromatic heterocycles. The molecule has 0 saturated carbocycles. The third kappa shape index (κ3) is 3.69. The second-order valence-electron chi connectivity index (χ2n) is 6.37. The van der Waals surface area contributed by atoms with Crippen LogP contribution in [0.3, 0.4) is 0 Å². The van der Waals surface area contributed by atoms with Crippen molar-refractivity contribution in [1.29, 1.82) is 0 Å². The van der Waals surface area contributed by atoms with Gasteiger partial charge in [-0.1, -0.05) is 20.8 Å². The summed E-state index contributed by atoms with van der Waals surface area (Å²) in [4.78, 5) is 6.82. The van der Waals surface area contributed by atoms with Crippen molar-refractivity contribution in [1.82, 2.24) is 4.98 Å². The Morgan fingerprint density at radius 1 is 1.32 bits per heavy atom. The summed E-state index contributed by atoms with van der Waals surface area (Å²) in [6, 6.07) is 4.05. The first-order chi connectivity index (χ1) is 9.02. The maximum absolute atomic E-state index is 9.77. The van der Waals surface area contributed by atoms with Crippen molar-refractivity contribution in [2.24, 2.45) is 5.41 Å². The Morgan fingerprint density at radius 2 is 2.11 bits per heavy atom. The van der Waals surface area contributed by atoms with Gasteiger partial charge in [0.1, 0.15) is 0 Å². The lowest BCUT2D eigenvalue weighted by atomic mass is 9.85. The summed E-state index contributed by atoms with van der Waals surface area (Å²) in [5, 5.41) is 9.77. The molecule has 0 bridgehead atoms. The summed E-state index contributed by atoms with van der Waals surface area (Å²) >= 11 is 0. The van der Waals surface area contributed by atoms with E-state index in [-0.39, 0.29) is 0 Å². The highest BCUT2D eigenvalue weighted by molar-refractivity contribution is 5.44. The summed E-state index contributed by atoms with van der Waals surface area (Å²) in [5.41, 5.74) is 2.42. The molecular weight excluding hydrogens is 236 g/mol. The van der Waals surface area contributed by atoms with Crippen LogP contribution in [0.25, 0.3) is 0 Å². The highest BCUT2D eigenvalue weighted by Gasteiger charge is 2.23. The van der Waals surface area contributed by atoms with Gasteiger partial charge in [-0.3, -0.25) is 4.98 Å². The average molecular weight is 262 g/mol. The van der Waals surface area contributed by atoms with Gasteiger partial charge in [0, 0.05) is 13.1 Å². The maximum Gasteiger partial charge on any atom is 0.0957 e. The van der Waals surface area contributed by atoms with E-state index >= 15 is 0 Å². The number of rotatable bonds is 3. The van der Waals surface area contributed by atoms with E-state index in [0.717, 1.165) is 18.8 Å². The van der Waals surface area contributed by atoms with Gasteiger partial charge < -0.3 is 10.0 Å². The minimum absolute atomic E-state index is 0.433. The normalized spacial score (nSPS) is 20.9. The van der Waals surface area contributed by atoms with Crippen LogP contribution in [0.4, 0.5) is 5.69 Å². The van der Waals surface area contributed by atoms with Gasteiger partial charge in [-0.25, -0.2) is 0 Å². The van der Waals surface area contributed by atoms with E-state index in [9.17, 15) is 5.11 Å². The smallest absolute Gasteiger partial charge is 0.0957 e. The molecule has 0 aromatic carbocycles. The number of aromatic nitrogens is 1.